The molecule has 282 valence electrons. The predicted molar refractivity (Wildman–Crippen MR) is 245 cm³/mol. The lowest BCUT2D eigenvalue weighted by atomic mass is 9.87. The second-order valence-corrected chi connectivity index (χ2v) is 14.7. The maximum atomic E-state index is 9.34. The average molecular weight is 771 g/mol. The van der Waals surface area contributed by atoms with Crippen LogP contribution in [0.5, 0.6) is 0 Å². The molecule has 1 aliphatic carbocycles. The van der Waals surface area contributed by atoms with Gasteiger partial charge < -0.3 is 4.42 Å². The highest BCUT2D eigenvalue weighted by atomic mass is 16.3. The smallest absolute Gasteiger partial charge is 0.164 e. The van der Waals surface area contributed by atoms with Crippen LogP contribution in [0.4, 0.5) is 5.69 Å². The highest BCUT2D eigenvalue weighted by Crippen LogP contribution is 2.39. The minimum atomic E-state index is 0.359. The number of rotatable bonds is 7. The Labute approximate surface area is 345 Å². The monoisotopic (exact) mass is 770 g/mol. The summed E-state index contributed by atoms with van der Waals surface area (Å²) in [5, 5.41) is 17.9. The minimum absolute atomic E-state index is 0.359. The molecule has 2 aromatic heterocycles. The Morgan fingerprint density at radius 3 is 1.92 bits per heavy atom. The standard InChI is InChI=1S/C53H34N6O/c54-50-45(59-58-39-14-5-2-6-15-39)31-30-36-26-24-35-25-29-38(32-44(35)48(36)50)40-16-7-8-17-41(40)52-55-51(37-27-22-34(23-28-37)33-12-3-1-4-13-33)56-53(57-52)43-19-11-21-47-49(43)42-18-9-10-20-46(42)60-47/h1-32,54,58H/b54-50?,59-45-. The fourth-order valence-electron chi connectivity index (χ4n) is 8.11. The number of nitrogens with zero attached hydrogens (tertiary/aromatic N) is 4. The van der Waals surface area contributed by atoms with Crippen LogP contribution >= 0.6 is 0 Å². The van der Waals surface area contributed by atoms with Gasteiger partial charge in [-0.05, 0) is 75.0 Å². The molecular formula is C53H34N6O. The van der Waals surface area contributed by atoms with Crippen molar-refractivity contribution in [1.82, 2.24) is 15.0 Å². The number of benzene rings is 8. The van der Waals surface area contributed by atoms with E-state index < -0.39 is 0 Å². The van der Waals surface area contributed by atoms with Crippen molar-refractivity contribution in [1.29, 1.82) is 5.41 Å². The Balaban J connectivity index is 1.06. The van der Waals surface area contributed by atoms with Crippen molar-refractivity contribution >= 4 is 55.9 Å². The van der Waals surface area contributed by atoms with E-state index >= 15 is 0 Å². The number of aromatic nitrogens is 3. The van der Waals surface area contributed by atoms with E-state index in [0.717, 1.165) is 88.5 Å². The number of hydrazone groups is 1. The number of para-hydroxylation sites is 2. The van der Waals surface area contributed by atoms with Crippen molar-refractivity contribution in [3.8, 4) is 56.4 Å². The van der Waals surface area contributed by atoms with E-state index in [1.807, 2.05) is 103 Å². The molecule has 0 fully saturated rings. The van der Waals surface area contributed by atoms with Crippen LogP contribution < -0.4 is 5.43 Å². The van der Waals surface area contributed by atoms with Crippen LogP contribution in [0.1, 0.15) is 11.1 Å². The Kier molecular flexibility index (Phi) is 8.48. The average Bonchev–Trinajstić information content (AvgIpc) is 3.71. The predicted octanol–water partition coefficient (Wildman–Crippen LogP) is 13.1. The van der Waals surface area contributed by atoms with Crippen molar-refractivity contribution < 1.29 is 4.42 Å². The summed E-state index contributed by atoms with van der Waals surface area (Å²) in [6, 6.07) is 61.4. The normalized spacial score (nSPS) is 13.0. The van der Waals surface area contributed by atoms with E-state index in [9.17, 15) is 5.41 Å². The van der Waals surface area contributed by atoms with E-state index in [1.54, 1.807) is 0 Å². The Hall–Kier alpha value is -8.29. The SMILES string of the molecule is N=C1/C(=N\Nc2ccccc2)C=Cc2ccc3ccc(-c4ccccc4-c4nc(-c5ccc(-c6ccccc6)cc5)nc(-c5cccc6oc7ccccc7c56)n4)cc3c21. The first-order valence-corrected chi connectivity index (χ1v) is 19.8. The van der Waals surface area contributed by atoms with E-state index in [0.29, 0.717) is 28.9 Å². The number of nitrogens with one attached hydrogen (secondary N) is 2. The fraction of sp³-hybridized carbons (Fsp3) is 0. The van der Waals surface area contributed by atoms with Gasteiger partial charge in [0.15, 0.2) is 17.5 Å². The second kappa shape index (κ2) is 14.6. The molecule has 0 unspecified atom stereocenters. The van der Waals surface area contributed by atoms with Gasteiger partial charge in [0.05, 0.1) is 11.4 Å². The van der Waals surface area contributed by atoms with Crippen LogP contribution in [0, 0.1) is 5.41 Å². The van der Waals surface area contributed by atoms with E-state index in [1.165, 1.54) is 0 Å². The third-order valence-corrected chi connectivity index (χ3v) is 11.1. The molecule has 11 rings (SSSR count). The third kappa shape index (κ3) is 6.22. The lowest BCUT2D eigenvalue weighted by Gasteiger charge is -2.18. The van der Waals surface area contributed by atoms with Crippen LogP contribution in [0.15, 0.2) is 198 Å². The first-order valence-electron chi connectivity index (χ1n) is 19.8. The van der Waals surface area contributed by atoms with Crippen molar-refractivity contribution in [3.63, 3.8) is 0 Å². The van der Waals surface area contributed by atoms with E-state index in [-0.39, 0.29) is 0 Å². The van der Waals surface area contributed by atoms with Gasteiger partial charge in [-0.1, -0.05) is 158 Å². The lowest BCUT2D eigenvalue weighted by molar-refractivity contribution is 0.669. The van der Waals surface area contributed by atoms with Gasteiger partial charge in [0.2, 0.25) is 0 Å². The summed E-state index contributed by atoms with van der Waals surface area (Å²) >= 11 is 0. The summed E-state index contributed by atoms with van der Waals surface area (Å²) in [5.41, 5.74) is 15.1. The summed E-state index contributed by atoms with van der Waals surface area (Å²) in [6.07, 6.45) is 3.92. The van der Waals surface area contributed by atoms with Crippen LogP contribution in [-0.4, -0.2) is 26.4 Å². The van der Waals surface area contributed by atoms with Crippen molar-refractivity contribution in [2.45, 2.75) is 0 Å². The molecule has 60 heavy (non-hydrogen) atoms. The summed E-state index contributed by atoms with van der Waals surface area (Å²) in [4.78, 5) is 15.6. The molecule has 0 radical (unpaired) electrons. The summed E-state index contributed by atoms with van der Waals surface area (Å²) < 4.78 is 6.30. The van der Waals surface area contributed by atoms with Gasteiger partial charge in [0.1, 0.15) is 16.9 Å². The van der Waals surface area contributed by atoms with Crippen LogP contribution in [0.25, 0.3) is 95.2 Å². The maximum absolute atomic E-state index is 9.34. The molecule has 0 bridgehead atoms. The second-order valence-electron chi connectivity index (χ2n) is 14.7. The van der Waals surface area contributed by atoms with E-state index in [2.05, 4.69) is 102 Å². The molecule has 0 amide bonds. The highest BCUT2D eigenvalue weighted by Gasteiger charge is 2.22. The molecule has 1 aliphatic rings. The van der Waals surface area contributed by atoms with Gasteiger partial charge in [-0.3, -0.25) is 10.8 Å². The van der Waals surface area contributed by atoms with Gasteiger partial charge in [0.25, 0.3) is 0 Å². The maximum Gasteiger partial charge on any atom is 0.164 e. The Morgan fingerprint density at radius 2 is 1.08 bits per heavy atom. The molecule has 0 atom stereocenters. The van der Waals surface area contributed by atoms with Gasteiger partial charge in [-0.25, -0.2) is 15.0 Å². The molecular weight excluding hydrogens is 737 g/mol. The van der Waals surface area contributed by atoms with Crippen LogP contribution in [0.2, 0.25) is 0 Å². The number of furan rings is 1. The molecule has 2 N–H and O–H groups in total. The number of hydrogen-bond donors (Lipinski definition) is 2. The molecule has 0 saturated heterocycles. The molecule has 7 nitrogen and oxygen atoms in total. The summed E-state index contributed by atoms with van der Waals surface area (Å²) in [6.45, 7) is 0. The first kappa shape index (κ1) is 34.9. The zero-order valence-electron chi connectivity index (χ0n) is 32.2. The Bertz CT molecular complexity index is 3350. The molecule has 0 saturated carbocycles. The number of hydrogen-bond acceptors (Lipinski definition) is 7. The zero-order chi connectivity index (χ0) is 40.0. The molecule has 0 spiro atoms. The van der Waals surface area contributed by atoms with Gasteiger partial charge in [-0.15, -0.1) is 0 Å². The highest BCUT2D eigenvalue weighted by molar-refractivity contribution is 6.55. The summed E-state index contributed by atoms with van der Waals surface area (Å²) in [7, 11) is 0. The van der Waals surface area contributed by atoms with Gasteiger partial charge in [-0.2, -0.15) is 5.10 Å². The largest absolute Gasteiger partial charge is 0.456 e. The van der Waals surface area contributed by atoms with Crippen molar-refractivity contribution in [2.24, 2.45) is 5.10 Å². The van der Waals surface area contributed by atoms with Crippen LogP contribution in [0.3, 0.4) is 0 Å². The molecule has 2 heterocycles. The number of anilines is 1. The van der Waals surface area contributed by atoms with Crippen LogP contribution in [-0.2, 0) is 0 Å². The fourth-order valence-corrected chi connectivity index (χ4v) is 8.11. The minimum Gasteiger partial charge on any atom is -0.456 e. The zero-order valence-corrected chi connectivity index (χ0v) is 32.2. The summed E-state index contributed by atoms with van der Waals surface area (Å²) in [5.74, 6) is 1.67. The topological polar surface area (TPSA) is 100 Å². The van der Waals surface area contributed by atoms with Crippen molar-refractivity contribution in [2.75, 3.05) is 5.43 Å². The quantitative estimate of drug-likeness (QED) is 0.157. The number of fused-ring (bicyclic) bond motifs is 6. The van der Waals surface area contributed by atoms with Crippen molar-refractivity contribution in [3.05, 3.63) is 199 Å². The molecule has 7 heteroatoms. The Morgan fingerprint density at radius 1 is 0.467 bits per heavy atom. The van der Waals surface area contributed by atoms with Gasteiger partial charge >= 0.3 is 0 Å². The lowest BCUT2D eigenvalue weighted by Crippen LogP contribution is -2.18. The van der Waals surface area contributed by atoms with Gasteiger partial charge in [0, 0.05) is 33.0 Å². The molecule has 8 aromatic carbocycles. The third-order valence-electron chi connectivity index (χ3n) is 11.1. The molecule has 0 aliphatic heterocycles. The molecule has 10 aromatic rings. The first-order chi connectivity index (χ1) is 29.6. The van der Waals surface area contributed by atoms with E-state index in [4.69, 9.17) is 19.4 Å². The number of allylic oxidation sites excluding steroid dienone is 1.